The van der Waals surface area contributed by atoms with E-state index in [9.17, 15) is 5.11 Å². The first kappa shape index (κ1) is 17.7. The van der Waals surface area contributed by atoms with Gasteiger partial charge in [-0.3, -0.25) is 0 Å². The van der Waals surface area contributed by atoms with E-state index in [4.69, 9.17) is 4.74 Å². The summed E-state index contributed by atoms with van der Waals surface area (Å²) in [4.78, 5) is 2.53. The maximum Gasteiger partial charge on any atom is 0.126 e. The zero-order valence-electron chi connectivity index (χ0n) is 14.9. The molecule has 0 unspecified atom stereocenters. The van der Waals surface area contributed by atoms with Crippen LogP contribution in [-0.2, 0) is 0 Å². The minimum absolute atomic E-state index is 0.104. The van der Waals surface area contributed by atoms with Crippen molar-refractivity contribution in [1.29, 1.82) is 0 Å². The predicted molar refractivity (Wildman–Crippen MR) is 97.5 cm³/mol. The summed E-state index contributed by atoms with van der Waals surface area (Å²) in [5, 5.41) is 14.3. The molecule has 1 saturated carbocycles. The Morgan fingerprint density at radius 1 is 1.12 bits per heavy atom. The molecule has 2 N–H and O–H groups in total. The van der Waals surface area contributed by atoms with Crippen LogP contribution in [-0.4, -0.2) is 54.4 Å². The molecule has 1 aliphatic heterocycles. The Labute approximate surface area is 146 Å². The van der Waals surface area contributed by atoms with Gasteiger partial charge in [0, 0.05) is 19.1 Å². The molecule has 0 radical (unpaired) electrons. The Kier molecular flexibility index (Phi) is 6.52. The average molecular weight is 332 g/mol. The molecular weight excluding hydrogens is 300 g/mol. The summed E-state index contributed by atoms with van der Waals surface area (Å²) in [6.07, 6.45) is 6.58. The summed E-state index contributed by atoms with van der Waals surface area (Å²) in [6.45, 7) is 6.56. The van der Waals surface area contributed by atoms with Crippen molar-refractivity contribution in [1.82, 2.24) is 10.2 Å². The lowest BCUT2D eigenvalue weighted by Gasteiger charge is -2.36. The average Bonchev–Trinajstić information content (AvgIpc) is 2.61. The van der Waals surface area contributed by atoms with Gasteiger partial charge in [0.15, 0.2) is 0 Å². The van der Waals surface area contributed by atoms with Crippen molar-refractivity contribution in [2.75, 3.05) is 26.2 Å². The van der Waals surface area contributed by atoms with Gasteiger partial charge in [-0.2, -0.15) is 0 Å². The molecule has 0 amide bonds. The van der Waals surface area contributed by atoms with E-state index in [-0.39, 0.29) is 12.1 Å². The molecule has 1 aromatic rings. The van der Waals surface area contributed by atoms with Gasteiger partial charge >= 0.3 is 0 Å². The van der Waals surface area contributed by atoms with Gasteiger partial charge in [-0.25, -0.2) is 0 Å². The Morgan fingerprint density at radius 3 is 2.71 bits per heavy atom. The fourth-order valence-electron chi connectivity index (χ4n) is 3.93. The molecule has 3 atom stereocenters. The lowest BCUT2D eigenvalue weighted by Crippen LogP contribution is -2.52. The summed E-state index contributed by atoms with van der Waals surface area (Å²) >= 11 is 0. The number of rotatable bonds is 6. The van der Waals surface area contributed by atoms with Gasteiger partial charge in [-0.05, 0) is 63.7 Å². The van der Waals surface area contributed by atoms with Crippen LogP contribution in [0.4, 0.5) is 0 Å². The van der Waals surface area contributed by atoms with E-state index in [1.165, 1.54) is 32.4 Å². The summed E-state index contributed by atoms with van der Waals surface area (Å²) in [5.74, 6) is 0.899. The number of nitrogens with zero attached hydrogens (tertiary/aromatic N) is 1. The quantitative estimate of drug-likeness (QED) is 0.841. The minimum Gasteiger partial charge on any atom is -0.487 e. The van der Waals surface area contributed by atoms with E-state index in [0.29, 0.717) is 0 Å². The number of ether oxygens (including phenoxy) is 1. The van der Waals surface area contributed by atoms with Crippen molar-refractivity contribution in [2.45, 2.75) is 63.7 Å². The first-order valence-corrected chi connectivity index (χ1v) is 9.60. The predicted octanol–water partition coefficient (Wildman–Crippen LogP) is 2.73. The highest BCUT2D eigenvalue weighted by molar-refractivity contribution is 5.32. The highest BCUT2D eigenvalue weighted by Gasteiger charge is 2.33. The molecule has 24 heavy (non-hydrogen) atoms. The van der Waals surface area contributed by atoms with Crippen LogP contribution in [0.3, 0.4) is 0 Å². The number of hydrogen-bond acceptors (Lipinski definition) is 4. The zero-order valence-corrected chi connectivity index (χ0v) is 14.9. The first-order valence-electron chi connectivity index (χ1n) is 9.60. The molecule has 0 aromatic heterocycles. The number of benzene rings is 1. The summed E-state index contributed by atoms with van der Waals surface area (Å²) in [5.41, 5.74) is 1.13. The molecule has 1 saturated heterocycles. The molecule has 2 fully saturated rings. The van der Waals surface area contributed by atoms with Crippen molar-refractivity contribution in [3.63, 3.8) is 0 Å². The number of nitrogens with one attached hydrogen (secondary N) is 1. The number of aliphatic hydroxyl groups is 1. The first-order chi connectivity index (χ1) is 11.7. The molecule has 1 aromatic carbocycles. The normalized spacial score (nSPS) is 28.7. The number of para-hydroxylation sites is 1. The minimum atomic E-state index is -0.431. The molecule has 3 rings (SSSR count). The SMILES string of the molecule is Cc1ccccc1O[C@@H]1CCC[C@H](NCCN2CCCCC2)[C@H]1O. The topological polar surface area (TPSA) is 44.7 Å². The summed E-state index contributed by atoms with van der Waals surface area (Å²) < 4.78 is 6.12. The molecular formula is C20H32N2O2. The lowest BCUT2D eigenvalue weighted by atomic mass is 9.89. The lowest BCUT2D eigenvalue weighted by molar-refractivity contribution is -0.0160. The number of likely N-dealkylation sites (tertiary alicyclic amines) is 1. The fraction of sp³-hybridized carbons (Fsp3) is 0.700. The number of hydrogen-bond donors (Lipinski definition) is 2. The monoisotopic (exact) mass is 332 g/mol. The molecule has 1 aliphatic carbocycles. The molecule has 0 spiro atoms. The van der Waals surface area contributed by atoms with Crippen LogP contribution in [0, 0.1) is 6.92 Å². The molecule has 1 heterocycles. The third-order valence-corrected chi connectivity index (χ3v) is 5.45. The zero-order chi connectivity index (χ0) is 16.8. The Morgan fingerprint density at radius 2 is 1.92 bits per heavy atom. The van der Waals surface area contributed by atoms with Crippen LogP contribution >= 0.6 is 0 Å². The highest BCUT2D eigenvalue weighted by atomic mass is 16.5. The maximum atomic E-state index is 10.7. The number of piperidine rings is 1. The third kappa shape index (κ3) is 4.71. The molecule has 2 aliphatic rings. The Balaban J connectivity index is 1.47. The molecule has 134 valence electrons. The highest BCUT2D eigenvalue weighted by Crippen LogP contribution is 2.26. The Hall–Kier alpha value is -1.10. The van der Waals surface area contributed by atoms with Gasteiger partial charge in [0.1, 0.15) is 18.0 Å². The fourth-order valence-corrected chi connectivity index (χ4v) is 3.93. The molecule has 4 nitrogen and oxygen atoms in total. The van der Waals surface area contributed by atoms with E-state index in [1.807, 2.05) is 18.2 Å². The van der Waals surface area contributed by atoms with Crippen LogP contribution < -0.4 is 10.1 Å². The van der Waals surface area contributed by atoms with Gasteiger partial charge in [0.25, 0.3) is 0 Å². The van der Waals surface area contributed by atoms with E-state index in [0.717, 1.165) is 43.7 Å². The second-order valence-corrected chi connectivity index (χ2v) is 7.31. The van der Waals surface area contributed by atoms with Crippen molar-refractivity contribution in [3.05, 3.63) is 29.8 Å². The van der Waals surface area contributed by atoms with Crippen molar-refractivity contribution < 1.29 is 9.84 Å². The smallest absolute Gasteiger partial charge is 0.126 e. The van der Waals surface area contributed by atoms with Crippen molar-refractivity contribution >= 4 is 0 Å². The van der Waals surface area contributed by atoms with Gasteiger partial charge in [0.05, 0.1) is 0 Å². The largest absolute Gasteiger partial charge is 0.487 e. The Bertz CT molecular complexity index is 502. The third-order valence-electron chi connectivity index (χ3n) is 5.45. The second-order valence-electron chi connectivity index (χ2n) is 7.31. The second kappa shape index (κ2) is 8.84. The van der Waals surface area contributed by atoms with E-state index in [2.05, 4.69) is 23.2 Å². The van der Waals surface area contributed by atoms with Crippen LogP contribution in [0.25, 0.3) is 0 Å². The molecule has 4 heteroatoms. The van der Waals surface area contributed by atoms with Crippen molar-refractivity contribution in [3.8, 4) is 5.75 Å². The van der Waals surface area contributed by atoms with Crippen LogP contribution in [0.2, 0.25) is 0 Å². The summed E-state index contributed by atoms with van der Waals surface area (Å²) in [7, 11) is 0. The van der Waals surface area contributed by atoms with E-state index in [1.54, 1.807) is 0 Å². The van der Waals surface area contributed by atoms with Gasteiger partial charge in [0.2, 0.25) is 0 Å². The standard InChI is InChI=1S/C20H32N2O2/c1-16-8-3-4-10-18(16)24-19-11-7-9-17(20(19)23)21-12-15-22-13-5-2-6-14-22/h3-4,8,10,17,19-21,23H,2,5-7,9,11-15H2,1H3/t17-,19+,20+/m0/s1. The van der Waals surface area contributed by atoms with Crippen LogP contribution in [0.15, 0.2) is 24.3 Å². The van der Waals surface area contributed by atoms with Gasteiger partial charge in [-0.15, -0.1) is 0 Å². The molecule has 0 bridgehead atoms. The van der Waals surface area contributed by atoms with Crippen LogP contribution in [0.5, 0.6) is 5.75 Å². The van der Waals surface area contributed by atoms with Crippen molar-refractivity contribution in [2.24, 2.45) is 0 Å². The van der Waals surface area contributed by atoms with Crippen LogP contribution in [0.1, 0.15) is 44.1 Å². The number of aliphatic hydroxyl groups excluding tert-OH is 1. The summed E-state index contributed by atoms with van der Waals surface area (Å²) in [6, 6.07) is 8.21. The number of aryl methyl sites for hydroxylation is 1. The van der Waals surface area contributed by atoms with E-state index >= 15 is 0 Å². The van der Waals surface area contributed by atoms with E-state index < -0.39 is 6.10 Å². The maximum absolute atomic E-state index is 10.7. The van der Waals surface area contributed by atoms with Gasteiger partial charge in [-0.1, -0.05) is 24.6 Å². The van der Waals surface area contributed by atoms with Gasteiger partial charge < -0.3 is 20.1 Å².